The molecule has 1 amide bonds. The Hall–Kier alpha value is -1.98. The van der Waals surface area contributed by atoms with Crippen molar-refractivity contribution in [3.05, 3.63) is 24.0 Å². The van der Waals surface area contributed by atoms with E-state index in [2.05, 4.69) is 5.32 Å². The van der Waals surface area contributed by atoms with Crippen molar-refractivity contribution >= 4 is 11.8 Å². The molecule has 0 unspecified atom stereocenters. The first-order valence-electron chi connectivity index (χ1n) is 7.86. The number of carbonyl (C=O) groups excluding carboxylic acids is 1. The van der Waals surface area contributed by atoms with Gasteiger partial charge < -0.3 is 19.7 Å². The molecule has 0 atom stereocenters. The fourth-order valence-electron chi connectivity index (χ4n) is 2.49. The Morgan fingerprint density at radius 3 is 2.52 bits per heavy atom. The first kappa shape index (κ1) is 17.4. The maximum absolute atomic E-state index is 13.8. The molecule has 0 radical (unpaired) electrons. The predicted octanol–water partition coefficient (Wildman–Crippen LogP) is 3.65. The monoisotopic (exact) mass is 324 g/mol. The Morgan fingerprint density at radius 2 is 1.96 bits per heavy atom. The normalized spacial score (nSPS) is 16.1. The number of hydrogen-bond acceptors (Lipinski definition) is 4. The van der Waals surface area contributed by atoms with Crippen LogP contribution in [0, 0.1) is 5.82 Å². The molecule has 0 aromatic heterocycles. The largest absolute Gasteiger partial charge is 0.497 e. The second-order valence-corrected chi connectivity index (χ2v) is 6.73. The van der Waals surface area contributed by atoms with E-state index in [1.807, 2.05) is 20.8 Å². The van der Waals surface area contributed by atoms with Crippen LogP contribution in [-0.4, -0.2) is 42.8 Å². The summed E-state index contributed by atoms with van der Waals surface area (Å²) in [6.45, 7) is 6.75. The zero-order chi connectivity index (χ0) is 17.0. The summed E-state index contributed by atoms with van der Waals surface area (Å²) in [5.41, 5.74) is -0.0596. The van der Waals surface area contributed by atoms with E-state index in [0.717, 1.165) is 12.8 Å². The summed E-state index contributed by atoms with van der Waals surface area (Å²) < 4.78 is 24.3. The average Bonchev–Trinajstić information content (AvgIpc) is 2.48. The van der Waals surface area contributed by atoms with Crippen LogP contribution in [0.15, 0.2) is 18.2 Å². The maximum atomic E-state index is 13.8. The number of anilines is 1. The van der Waals surface area contributed by atoms with Crippen molar-refractivity contribution in [3.63, 3.8) is 0 Å². The van der Waals surface area contributed by atoms with E-state index in [0.29, 0.717) is 24.5 Å². The molecular weight excluding hydrogens is 299 g/mol. The van der Waals surface area contributed by atoms with Gasteiger partial charge in [0.25, 0.3) is 0 Å². The van der Waals surface area contributed by atoms with Gasteiger partial charge in [0, 0.05) is 25.2 Å². The zero-order valence-electron chi connectivity index (χ0n) is 14.2. The first-order chi connectivity index (χ1) is 10.8. The smallest absolute Gasteiger partial charge is 0.410 e. The lowest BCUT2D eigenvalue weighted by Gasteiger charge is -2.34. The van der Waals surface area contributed by atoms with Gasteiger partial charge >= 0.3 is 6.09 Å². The molecule has 6 heteroatoms. The Balaban J connectivity index is 1.89. The minimum absolute atomic E-state index is 0.121. The highest BCUT2D eigenvalue weighted by Crippen LogP contribution is 2.24. The maximum Gasteiger partial charge on any atom is 0.410 e. The van der Waals surface area contributed by atoms with Gasteiger partial charge in [0.15, 0.2) is 0 Å². The van der Waals surface area contributed by atoms with E-state index in [4.69, 9.17) is 9.47 Å². The molecular formula is C17H25FN2O3. The molecule has 0 aliphatic carbocycles. The molecule has 0 bridgehead atoms. The fourth-order valence-corrected chi connectivity index (χ4v) is 2.49. The van der Waals surface area contributed by atoms with Crippen molar-refractivity contribution in [1.29, 1.82) is 0 Å². The van der Waals surface area contributed by atoms with Crippen molar-refractivity contribution in [3.8, 4) is 5.75 Å². The number of carbonyl (C=O) groups is 1. The van der Waals surface area contributed by atoms with Crippen LogP contribution in [0.4, 0.5) is 14.9 Å². The van der Waals surface area contributed by atoms with Gasteiger partial charge in [-0.25, -0.2) is 9.18 Å². The summed E-state index contributed by atoms with van der Waals surface area (Å²) in [6.07, 6.45) is 1.20. The van der Waals surface area contributed by atoms with E-state index in [-0.39, 0.29) is 18.0 Å². The molecule has 23 heavy (non-hydrogen) atoms. The molecule has 1 aromatic carbocycles. The van der Waals surface area contributed by atoms with Crippen molar-refractivity contribution in [2.24, 2.45) is 0 Å². The van der Waals surface area contributed by atoms with Crippen molar-refractivity contribution < 1.29 is 18.7 Å². The second-order valence-electron chi connectivity index (χ2n) is 6.73. The Kier molecular flexibility index (Phi) is 5.34. The molecule has 1 saturated heterocycles. The third-order valence-electron chi connectivity index (χ3n) is 3.68. The van der Waals surface area contributed by atoms with E-state index >= 15 is 0 Å². The van der Waals surface area contributed by atoms with Gasteiger partial charge in [-0.15, -0.1) is 0 Å². The number of benzene rings is 1. The van der Waals surface area contributed by atoms with Crippen LogP contribution in [0.3, 0.4) is 0 Å². The number of piperidine rings is 1. The third-order valence-corrected chi connectivity index (χ3v) is 3.68. The van der Waals surface area contributed by atoms with Crippen LogP contribution < -0.4 is 10.1 Å². The number of ether oxygens (including phenoxy) is 2. The standard InChI is InChI=1S/C17H25FN2O3/c1-17(2,3)23-16(21)20-9-7-12(8-10-20)19-15-11-13(22-4)5-6-14(15)18/h5-6,11-12,19H,7-10H2,1-4H3. The van der Waals surface area contributed by atoms with Gasteiger partial charge in [-0.2, -0.15) is 0 Å². The molecule has 2 rings (SSSR count). The highest BCUT2D eigenvalue weighted by molar-refractivity contribution is 5.68. The number of hydrogen-bond donors (Lipinski definition) is 1. The summed E-state index contributed by atoms with van der Waals surface area (Å²) in [7, 11) is 1.55. The van der Waals surface area contributed by atoms with Crippen LogP contribution in [0.5, 0.6) is 5.75 Å². The zero-order valence-corrected chi connectivity index (χ0v) is 14.2. The van der Waals surface area contributed by atoms with Crippen LogP contribution >= 0.6 is 0 Å². The summed E-state index contributed by atoms with van der Waals surface area (Å²) >= 11 is 0. The molecule has 1 aromatic rings. The number of likely N-dealkylation sites (tertiary alicyclic amines) is 1. The van der Waals surface area contributed by atoms with Gasteiger partial charge in [0.1, 0.15) is 17.2 Å². The molecule has 1 aliphatic rings. The van der Waals surface area contributed by atoms with Gasteiger partial charge in [-0.3, -0.25) is 0 Å². The van der Waals surface area contributed by atoms with E-state index < -0.39 is 5.60 Å². The molecule has 128 valence electrons. The molecule has 0 saturated carbocycles. The Morgan fingerprint density at radius 1 is 1.30 bits per heavy atom. The van der Waals surface area contributed by atoms with Crippen LogP contribution in [0.2, 0.25) is 0 Å². The summed E-state index contributed by atoms with van der Waals surface area (Å²) in [5, 5.41) is 3.20. The van der Waals surface area contributed by atoms with Gasteiger partial charge in [0.2, 0.25) is 0 Å². The predicted molar refractivity (Wildman–Crippen MR) is 87.4 cm³/mol. The van der Waals surface area contributed by atoms with Crippen LogP contribution in [-0.2, 0) is 4.74 Å². The van der Waals surface area contributed by atoms with Crippen molar-refractivity contribution in [2.75, 3.05) is 25.5 Å². The average molecular weight is 324 g/mol. The molecule has 1 aliphatic heterocycles. The van der Waals surface area contributed by atoms with Gasteiger partial charge in [-0.1, -0.05) is 0 Å². The minimum Gasteiger partial charge on any atom is -0.497 e. The number of methoxy groups -OCH3 is 1. The second kappa shape index (κ2) is 7.06. The number of halogens is 1. The molecule has 5 nitrogen and oxygen atoms in total. The summed E-state index contributed by atoms with van der Waals surface area (Å²) in [5.74, 6) is 0.306. The number of rotatable bonds is 3. The quantitative estimate of drug-likeness (QED) is 0.922. The molecule has 1 fully saturated rings. The van der Waals surface area contributed by atoms with Gasteiger partial charge in [0.05, 0.1) is 12.8 Å². The van der Waals surface area contributed by atoms with E-state index in [9.17, 15) is 9.18 Å². The highest BCUT2D eigenvalue weighted by atomic mass is 19.1. The van der Waals surface area contributed by atoms with Crippen LogP contribution in [0.25, 0.3) is 0 Å². The molecule has 1 heterocycles. The highest BCUT2D eigenvalue weighted by Gasteiger charge is 2.27. The van der Waals surface area contributed by atoms with Gasteiger partial charge in [-0.05, 0) is 45.7 Å². The lowest BCUT2D eigenvalue weighted by Crippen LogP contribution is -2.44. The minimum atomic E-state index is -0.490. The fraction of sp³-hybridized carbons (Fsp3) is 0.588. The van der Waals surface area contributed by atoms with Crippen molar-refractivity contribution in [2.45, 2.75) is 45.3 Å². The number of amides is 1. The van der Waals surface area contributed by atoms with E-state index in [1.165, 1.54) is 6.07 Å². The SMILES string of the molecule is COc1ccc(F)c(NC2CCN(C(=O)OC(C)(C)C)CC2)c1. The molecule has 0 spiro atoms. The summed E-state index contributed by atoms with van der Waals surface area (Å²) in [4.78, 5) is 13.7. The van der Waals surface area contributed by atoms with Crippen LogP contribution in [0.1, 0.15) is 33.6 Å². The van der Waals surface area contributed by atoms with Crippen molar-refractivity contribution in [1.82, 2.24) is 4.90 Å². The molecule has 1 N–H and O–H groups in total. The Bertz CT molecular complexity index is 549. The number of nitrogens with one attached hydrogen (secondary N) is 1. The number of nitrogens with zero attached hydrogens (tertiary/aromatic N) is 1. The third kappa shape index (κ3) is 5.01. The topological polar surface area (TPSA) is 50.8 Å². The lowest BCUT2D eigenvalue weighted by atomic mass is 10.0. The Labute approximate surface area is 136 Å². The lowest BCUT2D eigenvalue weighted by molar-refractivity contribution is 0.0210. The first-order valence-corrected chi connectivity index (χ1v) is 7.86. The van der Waals surface area contributed by atoms with E-state index in [1.54, 1.807) is 24.1 Å². The summed E-state index contributed by atoms with van der Waals surface area (Å²) in [6, 6.07) is 4.74.